The maximum Gasteiger partial charge on any atom is 0.275 e. The van der Waals surface area contributed by atoms with Crippen molar-refractivity contribution >= 4 is 22.4 Å². The fourth-order valence-electron chi connectivity index (χ4n) is 2.96. The van der Waals surface area contributed by atoms with Crippen LogP contribution >= 0.6 is 0 Å². The van der Waals surface area contributed by atoms with Gasteiger partial charge >= 0.3 is 0 Å². The van der Waals surface area contributed by atoms with E-state index in [1.54, 1.807) is 12.1 Å². The molecule has 0 saturated heterocycles. The van der Waals surface area contributed by atoms with Gasteiger partial charge in [-0.15, -0.1) is 0 Å². The number of rotatable bonds is 2. The number of nitrogens with zero attached hydrogens (tertiary/aromatic N) is 1. The number of nitrogens with one attached hydrogen (secondary N) is 1. The molecule has 22 heavy (non-hydrogen) atoms. The Bertz CT molecular complexity index is 737. The summed E-state index contributed by atoms with van der Waals surface area (Å²) in [6.45, 7) is 2.14. The highest BCUT2D eigenvalue weighted by atomic mass is 16.3. The monoisotopic (exact) mass is 296 g/mol. The Hall–Kier alpha value is -2.36. The van der Waals surface area contributed by atoms with E-state index in [0.29, 0.717) is 11.3 Å². The summed E-state index contributed by atoms with van der Waals surface area (Å²) in [6.07, 6.45) is 4.40. The Morgan fingerprint density at radius 1 is 1.23 bits per heavy atom. The van der Waals surface area contributed by atoms with E-state index < -0.39 is 0 Å². The van der Waals surface area contributed by atoms with E-state index >= 15 is 0 Å². The van der Waals surface area contributed by atoms with Gasteiger partial charge < -0.3 is 5.11 Å². The zero-order valence-corrected chi connectivity index (χ0v) is 12.7. The van der Waals surface area contributed by atoms with Crippen LogP contribution in [0.4, 0.5) is 0 Å². The number of amides is 1. The number of fused-ring (bicyclic) bond motifs is 1. The van der Waals surface area contributed by atoms with Gasteiger partial charge in [-0.3, -0.25) is 4.79 Å². The summed E-state index contributed by atoms with van der Waals surface area (Å²) >= 11 is 0. The molecule has 1 aliphatic carbocycles. The molecule has 0 aromatic heterocycles. The maximum atomic E-state index is 12.3. The largest absolute Gasteiger partial charge is 0.506 e. The molecular weight excluding hydrogens is 276 g/mol. The SMILES string of the molecule is CC1CCCC/C1=N/NC(=O)c1ccc2ccccc2c1O. The lowest BCUT2D eigenvalue weighted by Crippen LogP contribution is -2.24. The minimum atomic E-state index is -0.367. The van der Waals surface area contributed by atoms with Gasteiger partial charge in [0.15, 0.2) is 0 Å². The lowest BCUT2D eigenvalue weighted by atomic mass is 9.89. The molecule has 4 heteroatoms. The summed E-state index contributed by atoms with van der Waals surface area (Å²) in [5, 5.41) is 16.1. The molecule has 0 spiro atoms. The van der Waals surface area contributed by atoms with Gasteiger partial charge in [0.2, 0.25) is 0 Å². The molecule has 0 heterocycles. The minimum Gasteiger partial charge on any atom is -0.506 e. The smallest absolute Gasteiger partial charge is 0.275 e. The summed E-state index contributed by atoms with van der Waals surface area (Å²) in [5.41, 5.74) is 3.89. The molecule has 1 aliphatic rings. The van der Waals surface area contributed by atoms with Crippen LogP contribution in [0.2, 0.25) is 0 Å². The molecule has 1 amide bonds. The number of phenols is 1. The summed E-state index contributed by atoms with van der Waals surface area (Å²) in [7, 11) is 0. The van der Waals surface area contributed by atoms with Crippen LogP contribution in [0.1, 0.15) is 43.0 Å². The number of hydrogen-bond acceptors (Lipinski definition) is 3. The summed E-state index contributed by atoms with van der Waals surface area (Å²) in [5.74, 6) is 0.0558. The van der Waals surface area contributed by atoms with Crippen LogP contribution in [0.3, 0.4) is 0 Å². The van der Waals surface area contributed by atoms with E-state index in [9.17, 15) is 9.90 Å². The number of hydrogen-bond donors (Lipinski definition) is 2. The van der Waals surface area contributed by atoms with Gasteiger partial charge in [-0.05, 0) is 36.6 Å². The van der Waals surface area contributed by atoms with Crippen molar-refractivity contribution in [3.05, 3.63) is 42.0 Å². The number of aromatic hydroxyl groups is 1. The standard InChI is InChI=1S/C18H20N2O2/c1-12-6-2-5-9-16(12)19-20-18(22)15-11-10-13-7-3-4-8-14(13)17(15)21/h3-4,7-8,10-12,21H,2,5-6,9H2,1H3,(H,20,22)/b19-16-. The van der Waals surface area contributed by atoms with Gasteiger partial charge in [-0.25, -0.2) is 5.43 Å². The molecule has 0 radical (unpaired) electrons. The first-order valence-electron chi connectivity index (χ1n) is 7.74. The fraction of sp³-hybridized carbons (Fsp3) is 0.333. The van der Waals surface area contributed by atoms with Crippen molar-refractivity contribution in [2.75, 3.05) is 0 Å². The van der Waals surface area contributed by atoms with Crippen molar-refractivity contribution in [3.63, 3.8) is 0 Å². The third kappa shape index (κ3) is 2.82. The van der Waals surface area contributed by atoms with E-state index in [0.717, 1.165) is 30.4 Å². The van der Waals surface area contributed by atoms with Crippen LogP contribution < -0.4 is 5.43 Å². The van der Waals surface area contributed by atoms with Crippen molar-refractivity contribution in [3.8, 4) is 5.75 Å². The van der Waals surface area contributed by atoms with Crippen molar-refractivity contribution in [1.29, 1.82) is 0 Å². The molecule has 2 aromatic carbocycles. The first-order valence-corrected chi connectivity index (χ1v) is 7.74. The van der Waals surface area contributed by atoms with E-state index in [1.807, 2.05) is 24.3 Å². The van der Waals surface area contributed by atoms with Gasteiger partial charge in [0.25, 0.3) is 5.91 Å². The Kier molecular flexibility index (Phi) is 4.09. The van der Waals surface area contributed by atoms with E-state index in [-0.39, 0.29) is 17.2 Å². The van der Waals surface area contributed by atoms with Crippen molar-refractivity contribution in [2.45, 2.75) is 32.6 Å². The molecule has 1 atom stereocenters. The zero-order chi connectivity index (χ0) is 15.5. The van der Waals surface area contributed by atoms with Crippen LogP contribution in [-0.4, -0.2) is 16.7 Å². The molecule has 114 valence electrons. The molecule has 3 rings (SSSR count). The molecule has 1 saturated carbocycles. The molecule has 4 nitrogen and oxygen atoms in total. The Labute approximate surface area is 129 Å². The highest BCUT2D eigenvalue weighted by Gasteiger charge is 2.17. The quantitative estimate of drug-likeness (QED) is 0.827. The van der Waals surface area contributed by atoms with Gasteiger partial charge in [-0.2, -0.15) is 5.10 Å². The third-order valence-electron chi connectivity index (χ3n) is 4.34. The molecule has 2 aromatic rings. The lowest BCUT2D eigenvalue weighted by molar-refractivity contribution is 0.0952. The predicted molar refractivity (Wildman–Crippen MR) is 88.1 cm³/mol. The van der Waals surface area contributed by atoms with Gasteiger partial charge in [-0.1, -0.05) is 43.7 Å². The van der Waals surface area contributed by atoms with Crippen LogP contribution in [-0.2, 0) is 0 Å². The second-order valence-electron chi connectivity index (χ2n) is 5.87. The topological polar surface area (TPSA) is 61.7 Å². The Morgan fingerprint density at radius 3 is 2.86 bits per heavy atom. The zero-order valence-electron chi connectivity index (χ0n) is 12.7. The van der Waals surface area contributed by atoms with Crippen molar-refractivity contribution in [2.24, 2.45) is 11.0 Å². The number of carbonyl (C=O) groups excluding carboxylic acids is 1. The Morgan fingerprint density at radius 2 is 2.05 bits per heavy atom. The summed E-state index contributed by atoms with van der Waals surface area (Å²) < 4.78 is 0. The van der Waals surface area contributed by atoms with Crippen molar-refractivity contribution < 1.29 is 9.90 Å². The first-order chi connectivity index (χ1) is 10.7. The van der Waals surface area contributed by atoms with Gasteiger partial charge in [0.1, 0.15) is 5.75 Å². The second kappa shape index (κ2) is 6.18. The predicted octanol–water partition coefficient (Wildman–Crippen LogP) is 3.84. The van der Waals surface area contributed by atoms with E-state index in [2.05, 4.69) is 17.5 Å². The van der Waals surface area contributed by atoms with E-state index in [4.69, 9.17) is 0 Å². The van der Waals surface area contributed by atoms with Crippen LogP contribution in [0, 0.1) is 5.92 Å². The average molecular weight is 296 g/mol. The Balaban J connectivity index is 1.83. The minimum absolute atomic E-state index is 0.00694. The van der Waals surface area contributed by atoms with E-state index in [1.165, 1.54) is 6.42 Å². The van der Waals surface area contributed by atoms with Crippen molar-refractivity contribution in [1.82, 2.24) is 5.43 Å². The van der Waals surface area contributed by atoms with Crippen LogP contribution in [0.15, 0.2) is 41.5 Å². The molecule has 1 unspecified atom stereocenters. The van der Waals surface area contributed by atoms with Gasteiger partial charge in [0.05, 0.1) is 5.56 Å². The highest BCUT2D eigenvalue weighted by molar-refractivity contribution is 6.04. The number of carbonyl (C=O) groups is 1. The maximum absolute atomic E-state index is 12.3. The molecule has 2 N–H and O–H groups in total. The molecular formula is C18H20N2O2. The number of phenolic OH excluding ortho intramolecular Hbond substituents is 1. The number of hydrazone groups is 1. The van der Waals surface area contributed by atoms with Crippen LogP contribution in [0.25, 0.3) is 10.8 Å². The second-order valence-corrected chi connectivity index (χ2v) is 5.87. The lowest BCUT2D eigenvalue weighted by Gasteiger charge is -2.19. The first kappa shape index (κ1) is 14.6. The normalized spacial score (nSPS) is 20.2. The summed E-state index contributed by atoms with van der Waals surface area (Å²) in [4.78, 5) is 12.3. The third-order valence-corrected chi connectivity index (χ3v) is 4.34. The molecule has 1 fully saturated rings. The fourth-order valence-corrected chi connectivity index (χ4v) is 2.96. The molecule has 0 aliphatic heterocycles. The van der Waals surface area contributed by atoms with Gasteiger partial charge in [0, 0.05) is 11.1 Å². The molecule has 0 bridgehead atoms. The highest BCUT2D eigenvalue weighted by Crippen LogP contribution is 2.28. The summed E-state index contributed by atoms with van der Waals surface area (Å²) in [6, 6.07) is 10.9. The number of benzene rings is 2. The average Bonchev–Trinajstić information content (AvgIpc) is 2.54. The van der Waals surface area contributed by atoms with Crippen LogP contribution in [0.5, 0.6) is 5.75 Å².